The average molecular weight is 240 g/mol. The van der Waals surface area contributed by atoms with Gasteiger partial charge in [0.15, 0.2) is 5.75 Å². The van der Waals surface area contributed by atoms with E-state index < -0.39 is 0 Å². The number of imidazole rings is 1. The molecule has 2 aromatic heterocycles. The lowest BCUT2D eigenvalue weighted by Crippen LogP contribution is -2.09. The molecular weight excluding hydrogens is 228 g/mol. The summed E-state index contributed by atoms with van der Waals surface area (Å²) < 4.78 is 7.84. The van der Waals surface area contributed by atoms with Crippen LogP contribution in [0, 0.1) is 11.3 Å². The number of rotatable bonds is 3. The van der Waals surface area contributed by atoms with Gasteiger partial charge in [0, 0.05) is 25.1 Å². The molecule has 90 valence electrons. The normalized spacial score (nSPS) is 17.2. The zero-order valence-electron chi connectivity index (χ0n) is 9.78. The highest BCUT2D eigenvalue weighted by atomic mass is 16.5. The highest BCUT2D eigenvalue weighted by molar-refractivity contribution is 5.40. The predicted octanol–water partition coefficient (Wildman–Crippen LogP) is 1.72. The second kappa shape index (κ2) is 4.49. The van der Waals surface area contributed by atoms with E-state index in [-0.39, 0.29) is 0 Å². The Morgan fingerprint density at radius 3 is 3.33 bits per heavy atom. The molecule has 5 heteroatoms. The third-order valence-corrected chi connectivity index (χ3v) is 3.18. The number of aromatic nitrogens is 3. The summed E-state index contributed by atoms with van der Waals surface area (Å²) in [6.45, 7) is 1.53. The molecule has 1 aliphatic rings. The van der Waals surface area contributed by atoms with Gasteiger partial charge in [-0.05, 0) is 12.5 Å². The molecule has 0 spiro atoms. The molecule has 0 bridgehead atoms. The van der Waals surface area contributed by atoms with Crippen molar-refractivity contribution < 1.29 is 4.74 Å². The summed E-state index contributed by atoms with van der Waals surface area (Å²) >= 11 is 0. The minimum absolute atomic E-state index is 0.298. The maximum absolute atomic E-state index is 8.96. The van der Waals surface area contributed by atoms with E-state index >= 15 is 0 Å². The number of nitrogens with zero attached hydrogens (tertiary/aromatic N) is 4. The maximum atomic E-state index is 8.96. The Morgan fingerprint density at radius 1 is 1.50 bits per heavy atom. The van der Waals surface area contributed by atoms with E-state index in [1.807, 2.05) is 12.4 Å². The molecule has 0 amide bonds. The van der Waals surface area contributed by atoms with Gasteiger partial charge >= 0.3 is 0 Å². The fourth-order valence-electron chi connectivity index (χ4n) is 2.23. The summed E-state index contributed by atoms with van der Waals surface area (Å²) in [5.41, 5.74) is 0.520. The molecular formula is C13H12N4O. The average Bonchev–Trinajstić information content (AvgIpc) is 3.00. The zero-order valence-corrected chi connectivity index (χ0v) is 9.78. The van der Waals surface area contributed by atoms with Gasteiger partial charge < -0.3 is 9.30 Å². The molecule has 3 heterocycles. The third-order valence-electron chi connectivity index (χ3n) is 3.18. The number of hydrogen-bond donors (Lipinski definition) is 0. The molecule has 0 aliphatic carbocycles. The van der Waals surface area contributed by atoms with Gasteiger partial charge in [-0.25, -0.2) is 4.98 Å². The van der Waals surface area contributed by atoms with Crippen molar-refractivity contribution in [3.05, 3.63) is 42.2 Å². The lowest BCUT2D eigenvalue weighted by Gasteiger charge is -2.11. The number of nitriles is 1. The molecule has 0 saturated heterocycles. The van der Waals surface area contributed by atoms with Crippen LogP contribution in [0.15, 0.2) is 30.9 Å². The number of ether oxygens (including phenoxy) is 1. The van der Waals surface area contributed by atoms with Crippen molar-refractivity contribution in [1.82, 2.24) is 14.5 Å². The Balaban J connectivity index is 1.71. The Morgan fingerprint density at radius 2 is 2.44 bits per heavy atom. The Labute approximate surface area is 105 Å². The standard InChI is InChI=1S/C13H12N4O/c14-7-10-1-3-15-8-12(10)18-9-11-2-5-17-6-4-16-13(11)17/h1,3-4,6,8,11H,2,5,9H2. The van der Waals surface area contributed by atoms with E-state index in [0.29, 0.717) is 23.8 Å². The first-order valence-electron chi connectivity index (χ1n) is 5.86. The van der Waals surface area contributed by atoms with Gasteiger partial charge in [-0.15, -0.1) is 0 Å². The summed E-state index contributed by atoms with van der Waals surface area (Å²) in [5.74, 6) is 1.91. The van der Waals surface area contributed by atoms with Crippen LogP contribution in [-0.2, 0) is 6.54 Å². The molecule has 0 saturated carbocycles. The van der Waals surface area contributed by atoms with Crippen molar-refractivity contribution in [2.75, 3.05) is 6.61 Å². The van der Waals surface area contributed by atoms with Crippen LogP contribution in [0.2, 0.25) is 0 Å². The Hall–Kier alpha value is -2.35. The molecule has 0 N–H and O–H groups in total. The number of fused-ring (bicyclic) bond motifs is 1. The van der Waals surface area contributed by atoms with Crippen LogP contribution in [0.1, 0.15) is 23.7 Å². The van der Waals surface area contributed by atoms with E-state index in [0.717, 1.165) is 18.8 Å². The largest absolute Gasteiger partial charge is 0.490 e. The molecule has 1 unspecified atom stereocenters. The topological polar surface area (TPSA) is 63.7 Å². The smallest absolute Gasteiger partial charge is 0.155 e. The van der Waals surface area contributed by atoms with E-state index in [4.69, 9.17) is 10.00 Å². The van der Waals surface area contributed by atoms with Gasteiger partial charge in [-0.1, -0.05) is 0 Å². The fourth-order valence-corrected chi connectivity index (χ4v) is 2.23. The van der Waals surface area contributed by atoms with Gasteiger partial charge in [0.25, 0.3) is 0 Å². The van der Waals surface area contributed by atoms with Gasteiger partial charge in [0.05, 0.1) is 24.3 Å². The van der Waals surface area contributed by atoms with E-state index in [1.54, 1.807) is 18.5 Å². The first kappa shape index (κ1) is 10.8. The van der Waals surface area contributed by atoms with Crippen molar-refractivity contribution in [2.45, 2.75) is 18.9 Å². The van der Waals surface area contributed by atoms with Gasteiger partial charge in [-0.2, -0.15) is 5.26 Å². The molecule has 0 aromatic carbocycles. The van der Waals surface area contributed by atoms with E-state index in [1.165, 1.54) is 0 Å². The highest BCUT2D eigenvalue weighted by Gasteiger charge is 2.24. The first-order valence-corrected chi connectivity index (χ1v) is 5.86. The van der Waals surface area contributed by atoms with Gasteiger partial charge in [-0.3, -0.25) is 4.98 Å². The van der Waals surface area contributed by atoms with Crippen LogP contribution < -0.4 is 4.74 Å². The van der Waals surface area contributed by atoms with Crippen LogP contribution in [-0.4, -0.2) is 21.1 Å². The minimum atomic E-state index is 0.298. The molecule has 0 radical (unpaired) electrons. The third kappa shape index (κ3) is 1.82. The molecule has 1 aliphatic heterocycles. The van der Waals surface area contributed by atoms with Crippen LogP contribution in [0.4, 0.5) is 0 Å². The van der Waals surface area contributed by atoms with E-state index in [9.17, 15) is 0 Å². The van der Waals surface area contributed by atoms with Crippen molar-refractivity contribution in [3.63, 3.8) is 0 Å². The SMILES string of the molecule is N#Cc1ccncc1OCC1CCn2ccnc21. The summed E-state index contributed by atoms with van der Waals surface area (Å²) in [6, 6.07) is 3.76. The predicted molar refractivity (Wildman–Crippen MR) is 64.0 cm³/mol. The van der Waals surface area contributed by atoms with Gasteiger partial charge in [0.1, 0.15) is 11.9 Å². The second-order valence-corrected chi connectivity index (χ2v) is 4.26. The first-order chi connectivity index (χ1) is 8.88. The van der Waals surface area contributed by atoms with Gasteiger partial charge in [0.2, 0.25) is 0 Å². The summed E-state index contributed by atoms with van der Waals surface area (Å²) in [6.07, 6.45) is 8.01. The number of pyridine rings is 1. The van der Waals surface area contributed by atoms with Crippen molar-refractivity contribution in [2.24, 2.45) is 0 Å². The van der Waals surface area contributed by atoms with Crippen LogP contribution in [0.3, 0.4) is 0 Å². The van der Waals surface area contributed by atoms with Crippen molar-refractivity contribution in [3.8, 4) is 11.8 Å². The van der Waals surface area contributed by atoms with Crippen molar-refractivity contribution in [1.29, 1.82) is 5.26 Å². The lowest BCUT2D eigenvalue weighted by molar-refractivity contribution is 0.284. The molecule has 18 heavy (non-hydrogen) atoms. The molecule has 0 fully saturated rings. The zero-order chi connectivity index (χ0) is 12.4. The number of hydrogen-bond acceptors (Lipinski definition) is 4. The fraction of sp³-hybridized carbons (Fsp3) is 0.308. The van der Waals surface area contributed by atoms with Crippen LogP contribution >= 0.6 is 0 Å². The highest BCUT2D eigenvalue weighted by Crippen LogP contribution is 2.27. The molecule has 5 nitrogen and oxygen atoms in total. The van der Waals surface area contributed by atoms with Crippen molar-refractivity contribution >= 4 is 0 Å². The summed E-state index contributed by atoms with van der Waals surface area (Å²) in [7, 11) is 0. The monoisotopic (exact) mass is 240 g/mol. The summed E-state index contributed by atoms with van der Waals surface area (Å²) in [5, 5.41) is 8.96. The molecule has 1 atom stereocenters. The van der Waals surface area contributed by atoms with Crippen LogP contribution in [0.25, 0.3) is 0 Å². The second-order valence-electron chi connectivity index (χ2n) is 4.26. The maximum Gasteiger partial charge on any atom is 0.155 e. The quantitative estimate of drug-likeness (QED) is 0.819. The minimum Gasteiger partial charge on any atom is -0.490 e. The summed E-state index contributed by atoms with van der Waals surface area (Å²) in [4.78, 5) is 8.31. The molecule has 3 rings (SSSR count). The number of aryl methyl sites for hydroxylation is 1. The Bertz CT molecular complexity index is 599. The van der Waals surface area contributed by atoms with E-state index in [2.05, 4.69) is 20.6 Å². The lowest BCUT2D eigenvalue weighted by atomic mass is 10.1. The van der Waals surface area contributed by atoms with Crippen LogP contribution in [0.5, 0.6) is 5.75 Å². The Kier molecular flexibility index (Phi) is 2.69. The molecule has 2 aromatic rings.